The fourth-order valence-electron chi connectivity index (χ4n) is 4.55. The molecule has 2 N–H and O–H groups in total. The van der Waals surface area contributed by atoms with Crippen LogP contribution < -0.4 is 5.73 Å². The first-order chi connectivity index (χ1) is 16.3. The molecule has 3 heterocycles. The van der Waals surface area contributed by atoms with Crippen LogP contribution in [0.1, 0.15) is 33.4 Å². The number of pyridine rings is 2. The summed E-state index contributed by atoms with van der Waals surface area (Å²) in [6, 6.07) is 1.67. The largest absolute Gasteiger partial charge is 0.433 e. The van der Waals surface area contributed by atoms with Gasteiger partial charge in [0.2, 0.25) is 0 Å². The van der Waals surface area contributed by atoms with Crippen LogP contribution in [-0.2, 0) is 19.6 Å². The van der Waals surface area contributed by atoms with Crippen molar-refractivity contribution < 1.29 is 31.1 Å². The molecule has 1 unspecified atom stereocenters. The summed E-state index contributed by atoms with van der Waals surface area (Å²) in [5, 5.41) is 4.87. The van der Waals surface area contributed by atoms with E-state index < -0.39 is 53.2 Å². The lowest BCUT2D eigenvalue weighted by Gasteiger charge is -2.30. The number of benzene rings is 1. The first-order valence-electron chi connectivity index (χ1n) is 10.2. The predicted octanol–water partition coefficient (Wildman–Crippen LogP) is 4.26. The third kappa shape index (κ3) is 3.44. The molecule has 0 saturated carbocycles. The number of nitrogens with zero attached hydrogens (tertiary/aromatic N) is 5. The molecule has 182 valence electrons. The number of anilines is 1. The number of nitrogens with two attached hydrogens (primary N) is 1. The summed E-state index contributed by atoms with van der Waals surface area (Å²) < 4.78 is 85.3. The van der Waals surface area contributed by atoms with Crippen LogP contribution in [0.5, 0.6) is 0 Å². The van der Waals surface area contributed by atoms with Gasteiger partial charge in [-0.2, -0.15) is 18.3 Å². The Kier molecular flexibility index (Phi) is 4.77. The van der Waals surface area contributed by atoms with Gasteiger partial charge >= 0.3 is 6.18 Å². The van der Waals surface area contributed by atoms with Crippen molar-refractivity contribution in [2.24, 2.45) is 7.05 Å². The first kappa shape index (κ1) is 22.9. The van der Waals surface area contributed by atoms with Crippen LogP contribution in [0.4, 0.5) is 32.2 Å². The second-order valence-electron chi connectivity index (χ2n) is 8.36. The molecule has 35 heavy (non-hydrogen) atoms. The van der Waals surface area contributed by atoms with Gasteiger partial charge in [0.1, 0.15) is 23.4 Å². The Morgan fingerprint density at radius 3 is 2.60 bits per heavy atom. The quantitative estimate of drug-likeness (QED) is 0.421. The van der Waals surface area contributed by atoms with Crippen molar-refractivity contribution in [2.75, 3.05) is 12.8 Å². The predicted molar refractivity (Wildman–Crippen MR) is 113 cm³/mol. The van der Waals surface area contributed by atoms with Gasteiger partial charge in [0.25, 0.3) is 11.8 Å². The van der Waals surface area contributed by atoms with Crippen molar-refractivity contribution in [3.8, 4) is 0 Å². The Balaban J connectivity index is 1.60. The molecular weight excluding hydrogens is 478 g/mol. The van der Waals surface area contributed by atoms with Crippen LogP contribution in [0.15, 0.2) is 30.5 Å². The van der Waals surface area contributed by atoms with Crippen LogP contribution in [-0.4, -0.2) is 43.5 Å². The fraction of sp³-hybridized carbons (Fsp3) is 0.273. The Morgan fingerprint density at radius 2 is 1.91 bits per heavy atom. The topological polar surface area (TPSA) is 89.9 Å². The fourth-order valence-corrected chi connectivity index (χ4v) is 4.55. The Bertz CT molecular complexity index is 1530. The number of amides is 1. The van der Waals surface area contributed by atoms with Crippen LogP contribution >= 0.6 is 0 Å². The number of carbonyl (C=O) groups excluding carboxylic acids is 1. The number of aryl methyl sites for hydroxylation is 1. The zero-order chi connectivity index (χ0) is 25.4. The molecule has 13 heteroatoms. The van der Waals surface area contributed by atoms with Crippen molar-refractivity contribution in [3.63, 3.8) is 0 Å². The number of rotatable bonds is 2. The molecule has 1 aliphatic carbocycles. The number of nitrogen functional groups attached to an aromatic ring is 1. The zero-order valence-corrected chi connectivity index (χ0v) is 18.2. The van der Waals surface area contributed by atoms with Crippen molar-refractivity contribution >= 4 is 33.5 Å². The van der Waals surface area contributed by atoms with Crippen molar-refractivity contribution in [1.29, 1.82) is 0 Å². The van der Waals surface area contributed by atoms with E-state index in [0.29, 0.717) is 27.3 Å². The molecule has 1 aliphatic rings. The van der Waals surface area contributed by atoms with E-state index in [2.05, 4.69) is 15.1 Å². The maximum absolute atomic E-state index is 15.0. The van der Waals surface area contributed by atoms with E-state index >= 15 is 0 Å². The lowest BCUT2D eigenvalue weighted by atomic mass is 10.0. The number of hydrogen-bond acceptors (Lipinski definition) is 5. The van der Waals surface area contributed by atoms with E-state index in [1.165, 1.54) is 16.9 Å². The first-order valence-corrected chi connectivity index (χ1v) is 10.2. The number of aromatic nitrogens is 4. The highest BCUT2D eigenvalue weighted by molar-refractivity contribution is 6.10. The molecule has 3 aromatic heterocycles. The van der Waals surface area contributed by atoms with Gasteiger partial charge in [-0.25, -0.2) is 23.1 Å². The van der Waals surface area contributed by atoms with E-state index in [1.54, 1.807) is 7.05 Å². The summed E-state index contributed by atoms with van der Waals surface area (Å²) in [5.74, 6) is -5.63. The van der Waals surface area contributed by atoms with Gasteiger partial charge in [-0.1, -0.05) is 6.07 Å². The minimum atomic E-state index is -4.81. The summed E-state index contributed by atoms with van der Waals surface area (Å²) in [6.45, 7) is 0. The van der Waals surface area contributed by atoms with Crippen molar-refractivity contribution in [2.45, 2.75) is 24.6 Å². The average Bonchev–Trinajstić information content (AvgIpc) is 3.27. The lowest BCUT2D eigenvalue weighted by Crippen LogP contribution is -2.39. The molecule has 0 fully saturated rings. The van der Waals surface area contributed by atoms with E-state index in [-0.39, 0.29) is 16.9 Å². The average molecular weight is 494 g/mol. The highest BCUT2D eigenvalue weighted by Gasteiger charge is 2.52. The molecule has 5 rings (SSSR count). The van der Waals surface area contributed by atoms with E-state index in [9.17, 15) is 31.1 Å². The van der Waals surface area contributed by atoms with Crippen LogP contribution in [0.2, 0.25) is 0 Å². The highest BCUT2D eigenvalue weighted by atomic mass is 19.4. The third-order valence-electron chi connectivity index (χ3n) is 6.13. The lowest BCUT2D eigenvalue weighted by molar-refractivity contribution is -0.141. The number of alkyl halides is 5. The number of halogens is 6. The van der Waals surface area contributed by atoms with Crippen LogP contribution in [0.25, 0.3) is 21.8 Å². The van der Waals surface area contributed by atoms with Crippen molar-refractivity contribution in [3.05, 3.63) is 58.8 Å². The molecule has 1 amide bonds. The SMILES string of the molecule is CN(C(=O)c1cc2c(cc1F)nc(N)c1cnn(C)c12)C1c2ccc(C(F)(F)F)nc2CC1(F)F. The summed E-state index contributed by atoms with van der Waals surface area (Å²) in [4.78, 5) is 21.3. The number of fused-ring (bicyclic) bond motifs is 4. The van der Waals surface area contributed by atoms with Crippen LogP contribution in [0, 0.1) is 5.82 Å². The zero-order valence-electron chi connectivity index (χ0n) is 18.2. The summed E-state index contributed by atoms with van der Waals surface area (Å²) in [6.07, 6.45) is -4.45. The van der Waals surface area contributed by atoms with Gasteiger partial charge in [0.05, 0.1) is 40.3 Å². The summed E-state index contributed by atoms with van der Waals surface area (Å²) in [7, 11) is 2.65. The third-order valence-corrected chi connectivity index (χ3v) is 6.13. The second kappa shape index (κ2) is 7.30. The van der Waals surface area contributed by atoms with Gasteiger partial charge < -0.3 is 10.6 Å². The minimum Gasteiger partial charge on any atom is -0.383 e. The molecule has 0 radical (unpaired) electrons. The normalized spacial score (nSPS) is 17.2. The smallest absolute Gasteiger partial charge is 0.383 e. The summed E-state index contributed by atoms with van der Waals surface area (Å²) in [5.41, 5.74) is 3.98. The molecule has 7 nitrogen and oxygen atoms in total. The standard InChI is InChI=1S/C22H16F6N6O/c1-33(18-9-3-4-16(22(26,27)28)31-15(9)7-21(18,24)25)20(35)10-5-11-14(6-13(10)23)32-19(29)12-8-30-34(2)17(11)12/h3-6,8,18H,7H2,1-2H3,(H2,29,32). The Morgan fingerprint density at radius 1 is 1.20 bits per heavy atom. The second-order valence-corrected chi connectivity index (χ2v) is 8.36. The van der Waals surface area contributed by atoms with Gasteiger partial charge in [0, 0.05) is 31.1 Å². The molecule has 0 saturated heterocycles. The molecule has 0 bridgehead atoms. The van der Waals surface area contributed by atoms with Gasteiger partial charge in [0.15, 0.2) is 0 Å². The Hall–Kier alpha value is -3.90. The van der Waals surface area contributed by atoms with E-state index in [4.69, 9.17) is 5.73 Å². The van der Waals surface area contributed by atoms with Crippen molar-refractivity contribution in [1.82, 2.24) is 24.6 Å². The monoisotopic (exact) mass is 494 g/mol. The molecule has 1 atom stereocenters. The molecule has 0 spiro atoms. The molecular formula is C22H16F6N6O. The highest BCUT2D eigenvalue weighted by Crippen LogP contribution is 2.47. The van der Waals surface area contributed by atoms with Gasteiger partial charge in [-0.15, -0.1) is 0 Å². The maximum Gasteiger partial charge on any atom is 0.433 e. The number of carbonyl (C=O) groups is 1. The minimum absolute atomic E-state index is 0.101. The summed E-state index contributed by atoms with van der Waals surface area (Å²) >= 11 is 0. The van der Waals surface area contributed by atoms with E-state index in [0.717, 1.165) is 19.2 Å². The van der Waals surface area contributed by atoms with E-state index in [1.807, 2.05) is 0 Å². The molecule has 0 aliphatic heterocycles. The van der Waals surface area contributed by atoms with Gasteiger partial charge in [-0.3, -0.25) is 9.48 Å². The maximum atomic E-state index is 15.0. The number of hydrogen-bond donors (Lipinski definition) is 1. The Labute approximate surface area is 193 Å². The van der Waals surface area contributed by atoms with Crippen LogP contribution in [0.3, 0.4) is 0 Å². The molecule has 4 aromatic rings. The molecule has 1 aromatic carbocycles. The van der Waals surface area contributed by atoms with Gasteiger partial charge in [-0.05, 0) is 12.1 Å².